The monoisotopic (exact) mass is 362 g/mol. The molecule has 1 saturated heterocycles. The number of carbonyl (C=O) groups excluding carboxylic acids is 2. The van der Waals surface area contributed by atoms with E-state index in [9.17, 15) is 9.59 Å². The van der Waals surface area contributed by atoms with Crippen LogP contribution >= 0.6 is 0 Å². The van der Waals surface area contributed by atoms with E-state index in [4.69, 9.17) is 9.47 Å². The van der Waals surface area contributed by atoms with E-state index in [1.807, 2.05) is 23.1 Å². The number of amides is 2. The number of aryl methyl sites for hydroxylation is 1. The highest BCUT2D eigenvalue weighted by Gasteiger charge is 2.15. The van der Waals surface area contributed by atoms with E-state index in [1.165, 1.54) is 0 Å². The molecule has 1 aliphatic rings. The Labute approximate surface area is 155 Å². The fourth-order valence-corrected chi connectivity index (χ4v) is 3.19. The molecular formula is C20H30N2O4. The van der Waals surface area contributed by atoms with E-state index in [0.29, 0.717) is 25.8 Å². The number of hydrogen-bond donors (Lipinski definition) is 1. The summed E-state index contributed by atoms with van der Waals surface area (Å²) in [6.07, 6.45) is 5.66. The van der Waals surface area contributed by atoms with Crippen molar-refractivity contribution >= 4 is 11.8 Å². The Morgan fingerprint density at radius 1 is 1.19 bits per heavy atom. The van der Waals surface area contributed by atoms with Crippen molar-refractivity contribution in [1.29, 1.82) is 0 Å². The lowest BCUT2D eigenvalue weighted by Gasteiger charge is -2.20. The van der Waals surface area contributed by atoms with Crippen molar-refractivity contribution in [2.45, 2.75) is 44.9 Å². The van der Waals surface area contributed by atoms with Gasteiger partial charge in [0.2, 0.25) is 11.8 Å². The first kappa shape index (κ1) is 20.1. The van der Waals surface area contributed by atoms with Crippen molar-refractivity contribution in [3.8, 4) is 11.5 Å². The van der Waals surface area contributed by atoms with Crippen molar-refractivity contribution in [3.63, 3.8) is 0 Å². The molecule has 0 unspecified atom stereocenters. The zero-order valence-corrected chi connectivity index (χ0v) is 15.9. The normalized spacial score (nSPS) is 14.7. The highest BCUT2D eigenvalue weighted by atomic mass is 16.5. The van der Waals surface area contributed by atoms with Gasteiger partial charge in [0.15, 0.2) is 0 Å². The van der Waals surface area contributed by atoms with Crippen LogP contribution in [-0.4, -0.2) is 50.6 Å². The average molecular weight is 362 g/mol. The molecule has 6 nitrogen and oxygen atoms in total. The molecule has 1 heterocycles. The Balaban J connectivity index is 1.70. The summed E-state index contributed by atoms with van der Waals surface area (Å²) < 4.78 is 10.6. The molecule has 26 heavy (non-hydrogen) atoms. The van der Waals surface area contributed by atoms with Gasteiger partial charge in [-0.2, -0.15) is 0 Å². The quantitative estimate of drug-likeness (QED) is 0.686. The number of likely N-dealkylation sites (tertiary alicyclic amines) is 1. The standard InChI is InChI=1S/C20H30N2O4/c1-25-17-9-10-18(26-2)16(15-17)8-11-19(23)21-12-6-14-22-13-5-3-4-7-20(22)24/h9-10,15H,3-8,11-14H2,1-2H3,(H,21,23). The van der Waals surface area contributed by atoms with E-state index in [0.717, 1.165) is 55.8 Å². The second-order valence-corrected chi connectivity index (χ2v) is 6.57. The molecule has 0 aliphatic carbocycles. The first-order valence-electron chi connectivity index (χ1n) is 9.39. The summed E-state index contributed by atoms with van der Waals surface area (Å²) >= 11 is 0. The molecular weight excluding hydrogens is 332 g/mol. The molecule has 1 aliphatic heterocycles. The lowest BCUT2D eigenvalue weighted by atomic mass is 10.1. The van der Waals surface area contributed by atoms with Crippen LogP contribution in [0.2, 0.25) is 0 Å². The number of carbonyl (C=O) groups is 2. The van der Waals surface area contributed by atoms with Crippen LogP contribution in [0.5, 0.6) is 11.5 Å². The van der Waals surface area contributed by atoms with Crippen LogP contribution in [0.15, 0.2) is 18.2 Å². The highest BCUT2D eigenvalue weighted by Crippen LogP contribution is 2.25. The molecule has 144 valence electrons. The summed E-state index contributed by atoms with van der Waals surface area (Å²) in [5, 5.41) is 2.94. The molecule has 1 fully saturated rings. The smallest absolute Gasteiger partial charge is 0.222 e. The maximum atomic E-state index is 12.1. The molecule has 0 spiro atoms. The Morgan fingerprint density at radius 2 is 2.04 bits per heavy atom. The second kappa shape index (κ2) is 10.7. The maximum Gasteiger partial charge on any atom is 0.222 e. The predicted molar refractivity (Wildman–Crippen MR) is 101 cm³/mol. The van der Waals surface area contributed by atoms with Gasteiger partial charge < -0.3 is 19.7 Å². The first-order valence-corrected chi connectivity index (χ1v) is 9.39. The summed E-state index contributed by atoms with van der Waals surface area (Å²) in [5.41, 5.74) is 0.956. The SMILES string of the molecule is COc1ccc(OC)c(CCC(=O)NCCCN2CCCCCC2=O)c1. The molecule has 0 saturated carbocycles. The van der Waals surface area contributed by atoms with Gasteiger partial charge in [-0.05, 0) is 49.4 Å². The number of ether oxygens (including phenoxy) is 2. The van der Waals surface area contributed by atoms with E-state index < -0.39 is 0 Å². The van der Waals surface area contributed by atoms with Gasteiger partial charge in [-0.1, -0.05) is 6.42 Å². The van der Waals surface area contributed by atoms with Crippen LogP contribution < -0.4 is 14.8 Å². The number of benzene rings is 1. The third kappa shape index (κ3) is 6.24. The Kier molecular flexibility index (Phi) is 8.25. The highest BCUT2D eigenvalue weighted by molar-refractivity contribution is 5.77. The van der Waals surface area contributed by atoms with Crippen molar-refractivity contribution in [3.05, 3.63) is 23.8 Å². The number of rotatable bonds is 9. The van der Waals surface area contributed by atoms with E-state index in [1.54, 1.807) is 14.2 Å². The van der Waals surface area contributed by atoms with Crippen LogP contribution in [0.1, 0.15) is 44.1 Å². The minimum atomic E-state index is 0.0112. The summed E-state index contributed by atoms with van der Waals surface area (Å²) in [4.78, 5) is 25.9. The number of hydrogen-bond acceptors (Lipinski definition) is 4. The van der Waals surface area contributed by atoms with Gasteiger partial charge in [0.1, 0.15) is 11.5 Å². The average Bonchev–Trinajstić information content (AvgIpc) is 2.87. The van der Waals surface area contributed by atoms with E-state index in [-0.39, 0.29) is 11.8 Å². The number of nitrogens with one attached hydrogen (secondary N) is 1. The summed E-state index contributed by atoms with van der Waals surface area (Å²) in [6, 6.07) is 5.59. The molecule has 1 aromatic carbocycles. The van der Waals surface area contributed by atoms with Crippen molar-refractivity contribution < 1.29 is 19.1 Å². The fraction of sp³-hybridized carbons (Fsp3) is 0.600. The van der Waals surface area contributed by atoms with Crippen molar-refractivity contribution in [1.82, 2.24) is 10.2 Å². The van der Waals surface area contributed by atoms with Gasteiger partial charge in [0.05, 0.1) is 14.2 Å². The lowest BCUT2D eigenvalue weighted by Crippen LogP contribution is -2.34. The lowest BCUT2D eigenvalue weighted by molar-refractivity contribution is -0.130. The van der Waals surface area contributed by atoms with Crippen LogP contribution in [0.4, 0.5) is 0 Å². The molecule has 2 amide bonds. The predicted octanol–water partition coefficient (Wildman–Crippen LogP) is 2.55. The van der Waals surface area contributed by atoms with E-state index in [2.05, 4.69) is 5.32 Å². The fourth-order valence-electron chi connectivity index (χ4n) is 3.19. The first-order chi connectivity index (χ1) is 12.6. The topological polar surface area (TPSA) is 67.9 Å². The minimum absolute atomic E-state index is 0.0112. The molecule has 2 rings (SSSR count). The second-order valence-electron chi connectivity index (χ2n) is 6.57. The molecule has 0 bridgehead atoms. The van der Waals surface area contributed by atoms with Gasteiger partial charge in [-0.3, -0.25) is 9.59 Å². The van der Waals surface area contributed by atoms with E-state index >= 15 is 0 Å². The molecule has 6 heteroatoms. The number of methoxy groups -OCH3 is 2. The third-order valence-electron chi connectivity index (χ3n) is 4.71. The van der Waals surface area contributed by atoms with Crippen LogP contribution in [0.25, 0.3) is 0 Å². The summed E-state index contributed by atoms with van der Waals surface area (Å²) in [7, 11) is 3.24. The molecule has 0 radical (unpaired) electrons. The van der Waals surface area contributed by atoms with Gasteiger partial charge in [-0.15, -0.1) is 0 Å². The molecule has 0 aromatic heterocycles. The zero-order valence-electron chi connectivity index (χ0n) is 15.9. The van der Waals surface area contributed by atoms with Gasteiger partial charge in [0.25, 0.3) is 0 Å². The van der Waals surface area contributed by atoms with Crippen molar-refractivity contribution in [2.24, 2.45) is 0 Å². The van der Waals surface area contributed by atoms with Crippen LogP contribution in [-0.2, 0) is 16.0 Å². The van der Waals surface area contributed by atoms with Gasteiger partial charge in [-0.25, -0.2) is 0 Å². The van der Waals surface area contributed by atoms with Crippen molar-refractivity contribution in [2.75, 3.05) is 33.9 Å². The van der Waals surface area contributed by atoms with Gasteiger partial charge >= 0.3 is 0 Å². The molecule has 0 atom stereocenters. The minimum Gasteiger partial charge on any atom is -0.497 e. The third-order valence-corrected chi connectivity index (χ3v) is 4.71. The Morgan fingerprint density at radius 3 is 2.81 bits per heavy atom. The van der Waals surface area contributed by atoms with Crippen LogP contribution in [0, 0.1) is 0 Å². The maximum absolute atomic E-state index is 12.1. The Hall–Kier alpha value is -2.24. The summed E-state index contributed by atoms with van der Waals surface area (Å²) in [5.74, 6) is 1.78. The molecule has 1 aromatic rings. The number of nitrogens with zero attached hydrogens (tertiary/aromatic N) is 1. The van der Waals surface area contributed by atoms with Gasteiger partial charge in [0, 0.05) is 32.5 Å². The largest absolute Gasteiger partial charge is 0.497 e. The Bertz CT molecular complexity index is 603. The van der Waals surface area contributed by atoms with Crippen LogP contribution in [0.3, 0.4) is 0 Å². The zero-order chi connectivity index (χ0) is 18.8. The molecule has 1 N–H and O–H groups in total. The summed E-state index contributed by atoms with van der Waals surface area (Å²) in [6.45, 7) is 2.17.